The van der Waals surface area contributed by atoms with Crippen molar-refractivity contribution < 1.29 is 5.11 Å². The lowest BCUT2D eigenvalue weighted by molar-refractivity contribution is 0.470. The lowest BCUT2D eigenvalue weighted by Crippen LogP contribution is -2.19. The summed E-state index contributed by atoms with van der Waals surface area (Å²) in [7, 11) is 0. The topological polar surface area (TPSA) is 20.2 Å². The first-order valence-corrected chi connectivity index (χ1v) is 6.28. The molecular formula is C17H20O. The van der Waals surface area contributed by atoms with Crippen LogP contribution in [0.4, 0.5) is 0 Å². The first kappa shape index (κ1) is 12.7. The molecule has 0 spiro atoms. The quantitative estimate of drug-likeness (QED) is 0.828. The van der Waals surface area contributed by atoms with Gasteiger partial charge in [0.2, 0.25) is 0 Å². The molecule has 0 heterocycles. The fraction of sp³-hybridized carbons (Fsp3) is 0.294. The Kier molecular flexibility index (Phi) is 3.16. The van der Waals surface area contributed by atoms with Crippen LogP contribution in [0.25, 0.3) is 0 Å². The number of phenols is 1. The average molecular weight is 240 g/mol. The van der Waals surface area contributed by atoms with E-state index < -0.39 is 0 Å². The average Bonchev–Trinajstić information content (AvgIpc) is 2.32. The third kappa shape index (κ3) is 2.26. The minimum absolute atomic E-state index is 0.0511. The van der Waals surface area contributed by atoms with Crippen LogP contribution in [0.3, 0.4) is 0 Å². The molecule has 0 saturated carbocycles. The highest BCUT2D eigenvalue weighted by Gasteiger charge is 2.23. The molecule has 1 N–H and O–H groups in total. The number of hydrogen-bond acceptors (Lipinski definition) is 1. The maximum atomic E-state index is 9.62. The largest absolute Gasteiger partial charge is 0.508 e. The van der Waals surface area contributed by atoms with Crippen LogP contribution >= 0.6 is 0 Å². The van der Waals surface area contributed by atoms with Gasteiger partial charge in [-0.1, -0.05) is 55.8 Å². The van der Waals surface area contributed by atoms with Crippen molar-refractivity contribution >= 4 is 0 Å². The Bertz CT molecular complexity index is 568. The summed E-state index contributed by atoms with van der Waals surface area (Å²) >= 11 is 0. The molecule has 0 aliphatic rings. The van der Waals surface area contributed by atoms with Crippen LogP contribution in [0.2, 0.25) is 0 Å². The van der Waals surface area contributed by atoms with E-state index in [1.807, 2.05) is 13.0 Å². The van der Waals surface area contributed by atoms with Gasteiger partial charge in [-0.3, -0.25) is 0 Å². The number of benzene rings is 2. The molecule has 0 amide bonds. The van der Waals surface area contributed by atoms with E-state index in [0.717, 1.165) is 5.56 Å². The molecule has 2 aromatic rings. The van der Waals surface area contributed by atoms with Gasteiger partial charge < -0.3 is 5.11 Å². The monoisotopic (exact) mass is 240 g/mol. The summed E-state index contributed by atoms with van der Waals surface area (Å²) in [5.74, 6) is 0.360. The van der Waals surface area contributed by atoms with Gasteiger partial charge in [0.15, 0.2) is 0 Å². The normalized spacial score (nSPS) is 11.6. The van der Waals surface area contributed by atoms with Crippen molar-refractivity contribution in [1.82, 2.24) is 0 Å². The van der Waals surface area contributed by atoms with Gasteiger partial charge in [-0.05, 0) is 36.6 Å². The van der Waals surface area contributed by atoms with Gasteiger partial charge in [0.05, 0.1) is 0 Å². The van der Waals surface area contributed by atoms with E-state index in [2.05, 4.69) is 51.1 Å². The molecule has 2 aromatic carbocycles. The Morgan fingerprint density at radius 1 is 0.889 bits per heavy atom. The lowest BCUT2D eigenvalue weighted by atomic mass is 9.77. The lowest BCUT2D eigenvalue weighted by Gasteiger charge is -2.27. The Morgan fingerprint density at radius 3 is 2.17 bits per heavy atom. The zero-order chi connectivity index (χ0) is 13.3. The number of hydrogen-bond donors (Lipinski definition) is 1. The van der Waals surface area contributed by atoms with Gasteiger partial charge in [0.1, 0.15) is 5.75 Å². The van der Waals surface area contributed by atoms with Crippen LogP contribution in [0.15, 0.2) is 42.5 Å². The number of phenolic OH excluding ortho intramolecular Hbond substituents is 1. The molecule has 0 aliphatic heterocycles. The van der Waals surface area contributed by atoms with Gasteiger partial charge in [-0.2, -0.15) is 0 Å². The molecule has 0 saturated heterocycles. The predicted octanol–water partition coefficient (Wildman–Crippen LogP) is 4.33. The zero-order valence-electron chi connectivity index (χ0n) is 11.5. The second-order valence-corrected chi connectivity index (χ2v) is 5.50. The van der Waals surface area contributed by atoms with Gasteiger partial charge in [0, 0.05) is 5.41 Å². The molecule has 0 atom stereocenters. The van der Waals surface area contributed by atoms with E-state index in [1.165, 1.54) is 16.7 Å². The molecule has 1 nitrogen and oxygen atoms in total. The number of aromatic hydroxyl groups is 1. The van der Waals surface area contributed by atoms with Crippen LogP contribution in [-0.2, 0) is 5.41 Å². The summed E-state index contributed by atoms with van der Waals surface area (Å²) in [4.78, 5) is 0. The predicted molar refractivity (Wildman–Crippen MR) is 76.2 cm³/mol. The molecule has 0 unspecified atom stereocenters. The van der Waals surface area contributed by atoms with Crippen molar-refractivity contribution in [2.45, 2.75) is 33.1 Å². The Balaban J connectivity index is 2.50. The summed E-state index contributed by atoms with van der Waals surface area (Å²) < 4.78 is 0. The second-order valence-electron chi connectivity index (χ2n) is 5.50. The Morgan fingerprint density at radius 2 is 1.56 bits per heavy atom. The molecule has 1 heteroatoms. The van der Waals surface area contributed by atoms with Crippen molar-refractivity contribution in [3.63, 3.8) is 0 Å². The number of aryl methyl sites for hydroxylation is 2. The van der Waals surface area contributed by atoms with Crippen LogP contribution in [-0.4, -0.2) is 5.11 Å². The van der Waals surface area contributed by atoms with E-state index in [1.54, 1.807) is 6.07 Å². The molecule has 0 aliphatic carbocycles. The van der Waals surface area contributed by atoms with Crippen molar-refractivity contribution in [3.05, 3.63) is 64.7 Å². The maximum Gasteiger partial charge on any atom is 0.118 e. The van der Waals surface area contributed by atoms with E-state index >= 15 is 0 Å². The molecule has 94 valence electrons. The summed E-state index contributed by atoms with van der Waals surface area (Å²) in [6, 6.07) is 14.4. The maximum absolute atomic E-state index is 9.62. The Hall–Kier alpha value is -1.76. The van der Waals surface area contributed by atoms with E-state index in [-0.39, 0.29) is 5.41 Å². The smallest absolute Gasteiger partial charge is 0.118 e. The van der Waals surface area contributed by atoms with Crippen molar-refractivity contribution in [1.29, 1.82) is 0 Å². The SMILES string of the molecule is Cc1cccc(C(C)(C)c2ccc(O)c(C)c2)c1. The minimum Gasteiger partial charge on any atom is -0.508 e. The fourth-order valence-electron chi connectivity index (χ4n) is 2.24. The molecule has 18 heavy (non-hydrogen) atoms. The first-order chi connectivity index (χ1) is 8.41. The third-order valence-corrected chi connectivity index (χ3v) is 3.66. The van der Waals surface area contributed by atoms with Crippen molar-refractivity contribution in [2.24, 2.45) is 0 Å². The van der Waals surface area contributed by atoms with E-state index in [9.17, 15) is 5.11 Å². The fourth-order valence-corrected chi connectivity index (χ4v) is 2.24. The van der Waals surface area contributed by atoms with Gasteiger partial charge in [0.25, 0.3) is 0 Å². The highest BCUT2D eigenvalue weighted by atomic mass is 16.3. The number of rotatable bonds is 2. The highest BCUT2D eigenvalue weighted by Crippen LogP contribution is 2.33. The molecular weight excluding hydrogens is 220 g/mol. The molecule has 0 radical (unpaired) electrons. The van der Waals surface area contributed by atoms with Gasteiger partial charge >= 0.3 is 0 Å². The Labute approximate surface area is 109 Å². The van der Waals surface area contributed by atoms with Crippen LogP contribution in [0.5, 0.6) is 5.75 Å². The summed E-state index contributed by atoms with van der Waals surface area (Å²) in [6.45, 7) is 8.48. The molecule has 0 aromatic heterocycles. The highest BCUT2D eigenvalue weighted by molar-refractivity contribution is 5.44. The summed E-state index contributed by atoms with van der Waals surface area (Å²) in [5, 5.41) is 9.62. The van der Waals surface area contributed by atoms with Crippen molar-refractivity contribution in [2.75, 3.05) is 0 Å². The third-order valence-electron chi connectivity index (χ3n) is 3.66. The van der Waals surface area contributed by atoms with Gasteiger partial charge in [-0.25, -0.2) is 0 Å². The van der Waals surface area contributed by atoms with E-state index in [4.69, 9.17) is 0 Å². The minimum atomic E-state index is -0.0511. The summed E-state index contributed by atoms with van der Waals surface area (Å²) in [6.07, 6.45) is 0. The van der Waals surface area contributed by atoms with Crippen LogP contribution < -0.4 is 0 Å². The van der Waals surface area contributed by atoms with Gasteiger partial charge in [-0.15, -0.1) is 0 Å². The first-order valence-electron chi connectivity index (χ1n) is 6.28. The van der Waals surface area contributed by atoms with Crippen LogP contribution in [0, 0.1) is 13.8 Å². The standard InChI is InChI=1S/C17H20O/c1-12-6-5-7-14(10-12)17(3,4)15-8-9-16(18)13(2)11-15/h5-11,18H,1-4H3. The molecule has 0 bridgehead atoms. The molecule has 2 rings (SSSR count). The van der Waals surface area contributed by atoms with E-state index in [0.29, 0.717) is 5.75 Å². The second kappa shape index (κ2) is 4.49. The summed E-state index contributed by atoms with van der Waals surface area (Å²) in [5.41, 5.74) is 4.67. The van der Waals surface area contributed by atoms with Crippen LogP contribution in [0.1, 0.15) is 36.1 Å². The zero-order valence-corrected chi connectivity index (χ0v) is 11.5. The molecule has 0 fully saturated rings. The van der Waals surface area contributed by atoms with Crippen molar-refractivity contribution in [3.8, 4) is 5.75 Å².